The number of pyridine rings is 1. The van der Waals surface area contributed by atoms with Crippen LogP contribution in [0.3, 0.4) is 0 Å². The lowest BCUT2D eigenvalue weighted by Gasteiger charge is -1.98. The summed E-state index contributed by atoms with van der Waals surface area (Å²) >= 11 is 5.57. The number of hydrogen-bond acceptors (Lipinski definition) is 2. The van der Waals surface area contributed by atoms with Gasteiger partial charge in [0.2, 0.25) is 0 Å². The molecule has 0 radical (unpaired) electrons. The number of anilines is 1. The van der Waals surface area contributed by atoms with Gasteiger partial charge >= 0.3 is 0 Å². The molecule has 2 nitrogen and oxygen atoms in total. The van der Waals surface area contributed by atoms with Gasteiger partial charge in [-0.05, 0) is 12.1 Å². The molecular formula is C7H9ClN2. The summed E-state index contributed by atoms with van der Waals surface area (Å²) in [4.78, 5) is 4.17. The van der Waals surface area contributed by atoms with Gasteiger partial charge in [-0.25, -0.2) is 4.98 Å². The van der Waals surface area contributed by atoms with Crippen molar-refractivity contribution in [3.05, 3.63) is 23.9 Å². The summed E-state index contributed by atoms with van der Waals surface area (Å²) < 4.78 is 0. The molecule has 1 heterocycles. The van der Waals surface area contributed by atoms with Crippen molar-refractivity contribution in [2.75, 3.05) is 12.4 Å². The Balaban J connectivity index is 2.87. The summed E-state index contributed by atoms with van der Waals surface area (Å²) in [6.45, 7) is 0. The van der Waals surface area contributed by atoms with Crippen LogP contribution in [0.5, 0.6) is 0 Å². The fourth-order valence-electron chi connectivity index (χ4n) is 0.693. The molecule has 1 N–H and O–H groups in total. The first-order chi connectivity index (χ1) is 4.86. The minimum Gasteiger partial charge on any atom is -0.373 e. The van der Waals surface area contributed by atoms with Crippen LogP contribution < -0.4 is 5.32 Å². The number of aromatic nitrogens is 1. The third-order valence-electron chi connectivity index (χ3n) is 1.20. The molecule has 0 saturated heterocycles. The van der Waals surface area contributed by atoms with E-state index in [0.29, 0.717) is 5.88 Å². The quantitative estimate of drug-likeness (QED) is 0.662. The summed E-state index contributed by atoms with van der Waals surface area (Å²) in [7, 11) is 1.83. The molecule has 0 aliphatic rings. The molecule has 0 fully saturated rings. The first kappa shape index (κ1) is 7.35. The maximum atomic E-state index is 5.57. The second kappa shape index (κ2) is 3.42. The van der Waals surface area contributed by atoms with Crippen LogP contribution in [0, 0.1) is 0 Å². The van der Waals surface area contributed by atoms with E-state index in [0.717, 1.165) is 11.5 Å². The van der Waals surface area contributed by atoms with E-state index in [2.05, 4.69) is 10.3 Å². The maximum Gasteiger partial charge on any atom is 0.125 e. The van der Waals surface area contributed by atoms with E-state index in [9.17, 15) is 0 Å². The van der Waals surface area contributed by atoms with Crippen molar-refractivity contribution < 1.29 is 0 Å². The normalized spacial score (nSPS) is 9.40. The van der Waals surface area contributed by atoms with Crippen molar-refractivity contribution in [2.45, 2.75) is 5.88 Å². The van der Waals surface area contributed by atoms with E-state index in [1.165, 1.54) is 0 Å². The minimum atomic E-state index is 0.468. The lowest BCUT2D eigenvalue weighted by Crippen LogP contribution is -1.93. The predicted molar refractivity (Wildman–Crippen MR) is 43.3 cm³/mol. The fourth-order valence-corrected chi connectivity index (χ4v) is 0.842. The zero-order valence-corrected chi connectivity index (χ0v) is 6.52. The third kappa shape index (κ3) is 1.61. The first-order valence-corrected chi connectivity index (χ1v) is 3.60. The van der Waals surface area contributed by atoms with Gasteiger partial charge in [0.05, 0.1) is 11.6 Å². The van der Waals surface area contributed by atoms with Gasteiger partial charge in [-0.1, -0.05) is 6.07 Å². The molecule has 0 aliphatic carbocycles. The lowest BCUT2D eigenvalue weighted by molar-refractivity contribution is 1.16. The number of halogens is 1. The molecule has 1 rings (SSSR count). The Morgan fingerprint density at radius 2 is 2.40 bits per heavy atom. The largest absolute Gasteiger partial charge is 0.373 e. The molecule has 10 heavy (non-hydrogen) atoms. The zero-order valence-electron chi connectivity index (χ0n) is 5.76. The SMILES string of the molecule is CNc1cccc(CCl)n1. The molecule has 0 saturated carbocycles. The maximum absolute atomic E-state index is 5.57. The van der Waals surface area contributed by atoms with E-state index in [1.54, 1.807) is 0 Å². The Kier molecular flexibility index (Phi) is 2.51. The molecule has 54 valence electrons. The Morgan fingerprint density at radius 1 is 1.60 bits per heavy atom. The molecule has 0 aliphatic heterocycles. The van der Waals surface area contributed by atoms with Gasteiger partial charge in [0.25, 0.3) is 0 Å². The number of hydrogen-bond donors (Lipinski definition) is 1. The lowest BCUT2D eigenvalue weighted by atomic mass is 10.4. The summed E-state index contributed by atoms with van der Waals surface area (Å²) in [6, 6.07) is 5.72. The van der Waals surface area contributed by atoms with Crippen molar-refractivity contribution in [3.63, 3.8) is 0 Å². The molecule has 0 spiro atoms. The third-order valence-corrected chi connectivity index (χ3v) is 1.47. The standard InChI is InChI=1S/C7H9ClN2/c1-9-7-4-2-3-6(5-8)10-7/h2-4H,5H2,1H3,(H,9,10). The Morgan fingerprint density at radius 3 is 3.00 bits per heavy atom. The highest BCUT2D eigenvalue weighted by Gasteiger charge is 1.91. The van der Waals surface area contributed by atoms with E-state index >= 15 is 0 Å². The molecule has 0 bridgehead atoms. The molecule has 1 aromatic rings. The van der Waals surface area contributed by atoms with Crippen molar-refractivity contribution in [2.24, 2.45) is 0 Å². The Hall–Kier alpha value is -0.760. The van der Waals surface area contributed by atoms with E-state index < -0.39 is 0 Å². The highest BCUT2D eigenvalue weighted by molar-refractivity contribution is 6.16. The number of nitrogens with zero attached hydrogens (tertiary/aromatic N) is 1. The predicted octanol–water partition coefficient (Wildman–Crippen LogP) is 1.86. The monoisotopic (exact) mass is 156 g/mol. The van der Waals surface area contributed by atoms with Crippen LogP contribution >= 0.6 is 11.6 Å². The molecule has 3 heteroatoms. The number of rotatable bonds is 2. The van der Waals surface area contributed by atoms with Crippen LogP contribution in [-0.4, -0.2) is 12.0 Å². The van der Waals surface area contributed by atoms with Gasteiger partial charge in [-0.3, -0.25) is 0 Å². The minimum absolute atomic E-state index is 0.468. The van der Waals surface area contributed by atoms with Crippen molar-refractivity contribution in [1.29, 1.82) is 0 Å². The van der Waals surface area contributed by atoms with Gasteiger partial charge < -0.3 is 5.32 Å². The van der Waals surface area contributed by atoms with E-state index in [4.69, 9.17) is 11.6 Å². The summed E-state index contributed by atoms with van der Waals surface area (Å²) in [5.74, 6) is 1.33. The molecular weight excluding hydrogens is 148 g/mol. The fraction of sp³-hybridized carbons (Fsp3) is 0.286. The second-order valence-electron chi connectivity index (χ2n) is 1.90. The van der Waals surface area contributed by atoms with Crippen LogP contribution in [0.1, 0.15) is 5.69 Å². The topological polar surface area (TPSA) is 24.9 Å². The van der Waals surface area contributed by atoms with Crippen molar-refractivity contribution >= 4 is 17.4 Å². The van der Waals surface area contributed by atoms with Gasteiger partial charge in [-0.15, -0.1) is 11.6 Å². The van der Waals surface area contributed by atoms with E-state index in [-0.39, 0.29) is 0 Å². The van der Waals surface area contributed by atoms with Crippen LogP contribution in [0.4, 0.5) is 5.82 Å². The highest BCUT2D eigenvalue weighted by atomic mass is 35.5. The average molecular weight is 157 g/mol. The molecule has 0 atom stereocenters. The van der Waals surface area contributed by atoms with Gasteiger partial charge in [0.15, 0.2) is 0 Å². The Bertz CT molecular complexity index is 193. The van der Waals surface area contributed by atoms with Crippen LogP contribution in [0.25, 0.3) is 0 Å². The van der Waals surface area contributed by atoms with Crippen LogP contribution in [0.2, 0.25) is 0 Å². The van der Waals surface area contributed by atoms with Crippen LogP contribution in [-0.2, 0) is 5.88 Å². The van der Waals surface area contributed by atoms with Gasteiger partial charge in [0, 0.05) is 7.05 Å². The van der Waals surface area contributed by atoms with Crippen molar-refractivity contribution in [1.82, 2.24) is 4.98 Å². The summed E-state index contributed by atoms with van der Waals surface area (Å²) in [6.07, 6.45) is 0. The Labute approximate surface area is 65.2 Å². The molecule has 0 aromatic carbocycles. The molecule has 0 amide bonds. The van der Waals surface area contributed by atoms with Gasteiger partial charge in [0.1, 0.15) is 5.82 Å². The van der Waals surface area contributed by atoms with Crippen molar-refractivity contribution in [3.8, 4) is 0 Å². The summed E-state index contributed by atoms with van der Waals surface area (Å²) in [5, 5.41) is 2.93. The van der Waals surface area contributed by atoms with Gasteiger partial charge in [-0.2, -0.15) is 0 Å². The average Bonchev–Trinajstić information content (AvgIpc) is 2.05. The zero-order chi connectivity index (χ0) is 7.40. The number of alkyl halides is 1. The number of nitrogens with one attached hydrogen (secondary N) is 1. The van der Waals surface area contributed by atoms with E-state index in [1.807, 2.05) is 25.2 Å². The molecule has 0 unspecified atom stereocenters. The smallest absolute Gasteiger partial charge is 0.125 e. The summed E-state index contributed by atoms with van der Waals surface area (Å²) in [5.41, 5.74) is 0.897. The second-order valence-corrected chi connectivity index (χ2v) is 2.17. The molecule has 1 aromatic heterocycles. The van der Waals surface area contributed by atoms with Crippen LogP contribution in [0.15, 0.2) is 18.2 Å². The highest BCUT2D eigenvalue weighted by Crippen LogP contribution is 2.05. The first-order valence-electron chi connectivity index (χ1n) is 3.06.